The van der Waals surface area contributed by atoms with Crippen molar-refractivity contribution in [2.45, 2.75) is 65.5 Å². The van der Waals surface area contributed by atoms with Gasteiger partial charge in [0.25, 0.3) is 5.91 Å². The molecule has 5 heteroatoms. The Morgan fingerprint density at radius 1 is 1.22 bits per heavy atom. The van der Waals surface area contributed by atoms with Crippen LogP contribution in [0.15, 0.2) is 0 Å². The summed E-state index contributed by atoms with van der Waals surface area (Å²) in [5, 5.41) is 2.66. The van der Waals surface area contributed by atoms with E-state index in [-0.39, 0.29) is 17.9 Å². The van der Waals surface area contributed by atoms with Crippen LogP contribution in [0, 0.1) is 5.41 Å². The van der Waals surface area contributed by atoms with E-state index in [0.29, 0.717) is 0 Å². The van der Waals surface area contributed by atoms with Gasteiger partial charge >= 0.3 is 0 Å². The Bertz CT molecular complexity index is 304. The third-order valence-corrected chi connectivity index (χ3v) is 3.05. The molecule has 1 fully saturated rings. The van der Waals surface area contributed by atoms with Crippen molar-refractivity contribution in [3.05, 3.63) is 0 Å². The summed E-state index contributed by atoms with van der Waals surface area (Å²) >= 11 is 0. The molecule has 18 heavy (non-hydrogen) atoms. The standard InChI is InChI=1S/C13H24N2O3/c1-9(14-12(17)13(2,3)4)11(16)15-18-10-7-5-6-8-10/h9-10H,5-8H2,1-4H3,(H,14,17)(H,15,16). The van der Waals surface area contributed by atoms with E-state index in [1.165, 1.54) is 0 Å². The highest BCUT2D eigenvalue weighted by Crippen LogP contribution is 2.19. The molecule has 0 bridgehead atoms. The van der Waals surface area contributed by atoms with Crippen LogP contribution >= 0.6 is 0 Å². The lowest BCUT2D eigenvalue weighted by Gasteiger charge is -2.21. The summed E-state index contributed by atoms with van der Waals surface area (Å²) in [6.45, 7) is 7.07. The fraction of sp³-hybridized carbons (Fsp3) is 0.846. The van der Waals surface area contributed by atoms with E-state index in [2.05, 4.69) is 10.8 Å². The van der Waals surface area contributed by atoms with Gasteiger partial charge in [-0.25, -0.2) is 5.48 Å². The van der Waals surface area contributed by atoms with Gasteiger partial charge in [0.2, 0.25) is 5.91 Å². The molecule has 1 saturated carbocycles. The van der Waals surface area contributed by atoms with Gasteiger partial charge in [-0.3, -0.25) is 14.4 Å². The number of hydrogen-bond acceptors (Lipinski definition) is 3. The molecule has 1 unspecified atom stereocenters. The largest absolute Gasteiger partial charge is 0.344 e. The third-order valence-electron chi connectivity index (χ3n) is 3.05. The minimum atomic E-state index is -0.585. The number of hydroxylamine groups is 1. The van der Waals surface area contributed by atoms with Gasteiger partial charge in [0.15, 0.2) is 0 Å². The number of amides is 2. The van der Waals surface area contributed by atoms with Gasteiger partial charge in [0.1, 0.15) is 6.04 Å². The zero-order chi connectivity index (χ0) is 13.8. The van der Waals surface area contributed by atoms with Crippen molar-refractivity contribution in [3.8, 4) is 0 Å². The predicted octanol–water partition coefficient (Wildman–Crippen LogP) is 1.53. The third kappa shape index (κ3) is 4.64. The average Bonchev–Trinajstić information content (AvgIpc) is 2.77. The van der Waals surface area contributed by atoms with E-state index in [1.54, 1.807) is 6.92 Å². The van der Waals surface area contributed by atoms with Gasteiger partial charge in [-0.15, -0.1) is 0 Å². The second-order valence-corrected chi connectivity index (χ2v) is 5.94. The maximum atomic E-state index is 11.7. The van der Waals surface area contributed by atoms with Crippen LogP contribution in [0.3, 0.4) is 0 Å². The summed E-state index contributed by atoms with van der Waals surface area (Å²) in [5.41, 5.74) is 1.93. The maximum Gasteiger partial charge on any atom is 0.265 e. The first-order chi connectivity index (χ1) is 8.30. The Kier molecular flexibility index (Phi) is 5.14. The van der Waals surface area contributed by atoms with Gasteiger partial charge in [0, 0.05) is 5.41 Å². The quantitative estimate of drug-likeness (QED) is 0.750. The van der Waals surface area contributed by atoms with Crippen LogP contribution in [0.2, 0.25) is 0 Å². The fourth-order valence-electron chi connectivity index (χ4n) is 1.71. The van der Waals surface area contributed by atoms with Crippen LogP contribution in [-0.4, -0.2) is 24.0 Å². The van der Waals surface area contributed by atoms with Crippen LogP contribution in [-0.2, 0) is 14.4 Å². The van der Waals surface area contributed by atoms with Crippen molar-refractivity contribution in [1.82, 2.24) is 10.8 Å². The molecule has 1 atom stereocenters. The molecule has 0 radical (unpaired) electrons. The van der Waals surface area contributed by atoms with Gasteiger partial charge in [-0.2, -0.15) is 0 Å². The number of carbonyl (C=O) groups excluding carboxylic acids is 2. The van der Waals surface area contributed by atoms with Gasteiger partial charge in [-0.1, -0.05) is 33.6 Å². The van der Waals surface area contributed by atoms with Crippen molar-refractivity contribution < 1.29 is 14.4 Å². The number of rotatable bonds is 4. The molecule has 1 aliphatic rings. The van der Waals surface area contributed by atoms with Crippen LogP contribution in [0.5, 0.6) is 0 Å². The SMILES string of the molecule is CC(NC(=O)C(C)(C)C)C(=O)NOC1CCCC1. The normalized spacial score (nSPS) is 18.4. The van der Waals surface area contributed by atoms with Crippen molar-refractivity contribution in [2.75, 3.05) is 0 Å². The van der Waals surface area contributed by atoms with Gasteiger partial charge in [-0.05, 0) is 19.8 Å². The molecule has 0 aromatic rings. The molecule has 0 saturated heterocycles. The van der Waals surface area contributed by atoms with Crippen LogP contribution < -0.4 is 10.8 Å². The lowest BCUT2D eigenvalue weighted by Crippen LogP contribution is -2.48. The lowest BCUT2D eigenvalue weighted by atomic mass is 9.95. The van der Waals surface area contributed by atoms with Crippen molar-refractivity contribution in [3.63, 3.8) is 0 Å². The molecular formula is C13H24N2O3. The summed E-state index contributed by atoms with van der Waals surface area (Å²) in [7, 11) is 0. The summed E-state index contributed by atoms with van der Waals surface area (Å²) < 4.78 is 0. The maximum absolute atomic E-state index is 11.7. The summed E-state index contributed by atoms with van der Waals surface area (Å²) in [6, 6.07) is -0.585. The molecule has 0 aromatic heterocycles. The molecule has 1 aliphatic carbocycles. The van der Waals surface area contributed by atoms with E-state index in [0.717, 1.165) is 25.7 Å². The average molecular weight is 256 g/mol. The summed E-state index contributed by atoms with van der Waals surface area (Å²) in [4.78, 5) is 28.7. The predicted molar refractivity (Wildman–Crippen MR) is 68.5 cm³/mol. The van der Waals surface area contributed by atoms with Crippen molar-refractivity contribution in [2.24, 2.45) is 5.41 Å². The number of carbonyl (C=O) groups is 2. The molecule has 104 valence electrons. The second kappa shape index (κ2) is 6.18. The van der Waals surface area contributed by atoms with Crippen molar-refractivity contribution in [1.29, 1.82) is 0 Å². The Morgan fingerprint density at radius 2 is 1.78 bits per heavy atom. The van der Waals surface area contributed by atoms with Crippen LogP contribution in [0.25, 0.3) is 0 Å². The van der Waals surface area contributed by atoms with Crippen LogP contribution in [0.1, 0.15) is 53.4 Å². The minimum Gasteiger partial charge on any atom is -0.344 e. The van der Waals surface area contributed by atoms with E-state index in [4.69, 9.17) is 4.84 Å². The van der Waals surface area contributed by atoms with E-state index >= 15 is 0 Å². The first kappa shape index (κ1) is 15.0. The highest BCUT2D eigenvalue weighted by molar-refractivity contribution is 5.88. The highest BCUT2D eigenvalue weighted by Gasteiger charge is 2.25. The lowest BCUT2D eigenvalue weighted by molar-refractivity contribution is -0.143. The minimum absolute atomic E-state index is 0.125. The molecule has 0 spiro atoms. The smallest absolute Gasteiger partial charge is 0.265 e. The zero-order valence-corrected chi connectivity index (χ0v) is 11.7. The Hall–Kier alpha value is -1.10. The Balaban J connectivity index is 2.30. The van der Waals surface area contributed by atoms with E-state index in [1.807, 2.05) is 20.8 Å². The van der Waals surface area contributed by atoms with Crippen molar-refractivity contribution >= 4 is 11.8 Å². The molecule has 0 aromatic carbocycles. The summed E-state index contributed by atoms with van der Waals surface area (Å²) in [5.74, 6) is -0.453. The van der Waals surface area contributed by atoms with Gasteiger partial charge in [0.05, 0.1) is 6.10 Å². The number of nitrogens with one attached hydrogen (secondary N) is 2. The fourth-order valence-corrected chi connectivity index (χ4v) is 1.71. The van der Waals surface area contributed by atoms with Gasteiger partial charge < -0.3 is 5.32 Å². The Morgan fingerprint density at radius 3 is 2.28 bits per heavy atom. The Labute approximate surface area is 109 Å². The highest BCUT2D eigenvalue weighted by atomic mass is 16.7. The molecule has 2 amide bonds. The zero-order valence-electron chi connectivity index (χ0n) is 11.7. The second-order valence-electron chi connectivity index (χ2n) is 5.94. The number of hydrogen-bond donors (Lipinski definition) is 2. The monoisotopic (exact) mass is 256 g/mol. The molecule has 0 aliphatic heterocycles. The summed E-state index contributed by atoms with van der Waals surface area (Å²) in [6.07, 6.45) is 4.40. The van der Waals surface area contributed by atoms with Crippen LogP contribution in [0.4, 0.5) is 0 Å². The topological polar surface area (TPSA) is 67.4 Å². The first-order valence-corrected chi connectivity index (χ1v) is 6.57. The molecule has 1 rings (SSSR count). The molecule has 2 N–H and O–H groups in total. The first-order valence-electron chi connectivity index (χ1n) is 6.57. The van der Waals surface area contributed by atoms with E-state index in [9.17, 15) is 9.59 Å². The molecule has 0 heterocycles. The molecular weight excluding hydrogens is 232 g/mol. The molecule has 5 nitrogen and oxygen atoms in total. The van der Waals surface area contributed by atoms with E-state index < -0.39 is 11.5 Å².